The molecule has 1 atom stereocenters. The minimum Gasteiger partial charge on any atom is -0.548 e. The highest BCUT2D eigenvalue weighted by Crippen LogP contribution is 2.33. The largest absolute Gasteiger partial charge is 0.548 e. The SMILES string of the molecule is CCCCC(=O)N(Cc1ccc(-c2ccccc2C2N=NN=N2)cc1)[C@H](C(=O)[O-])C(C)C. The summed E-state index contributed by atoms with van der Waals surface area (Å²) in [6.45, 7) is 5.80. The second-order valence-electron chi connectivity index (χ2n) is 8.20. The molecule has 1 amide bonds. The summed E-state index contributed by atoms with van der Waals surface area (Å²) in [5.74, 6) is -1.65. The molecule has 0 aliphatic carbocycles. The molecule has 2 aromatic rings. The van der Waals surface area contributed by atoms with Crippen molar-refractivity contribution in [3.8, 4) is 11.1 Å². The number of amides is 1. The molecular weight excluding hydrogens is 406 g/mol. The minimum atomic E-state index is -1.23. The van der Waals surface area contributed by atoms with Crippen molar-refractivity contribution >= 4 is 11.9 Å². The molecule has 3 rings (SSSR count). The van der Waals surface area contributed by atoms with Crippen molar-refractivity contribution in [3.63, 3.8) is 0 Å². The third kappa shape index (κ3) is 5.43. The Morgan fingerprint density at radius 3 is 2.28 bits per heavy atom. The molecule has 0 bridgehead atoms. The van der Waals surface area contributed by atoms with E-state index < -0.39 is 18.2 Å². The monoisotopic (exact) mass is 434 g/mol. The second kappa shape index (κ2) is 10.7. The number of carbonyl (C=O) groups is 2. The zero-order valence-corrected chi connectivity index (χ0v) is 18.6. The number of hydrogen-bond acceptors (Lipinski definition) is 7. The Bertz CT molecular complexity index is 989. The molecular formula is C24H28N5O3-. The first-order valence-electron chi connectivity index (χ1n) is 10.9. The van der Waals surface area contributed by atoms with Crippen molar-refractivity contribution in [3.05, 3.63) is 59.7 Å². The fourth-order valence-corrected chi connectivity index (χ4v) is 3.84. The number of benzene rings is 2. The van der Waals surface area contributed by atoms with Crippen LogP contribution >= 0.6 is 0 Å². The van der Waals surface area contributed by atoms with Crippen LogP contribution < -0.4 is 5.11 Å². The Labute approximate surface area is 188 Å². The first-order valence-corrected chi connectivity index (χ1v) is 10.9. The Morgan fingerprint density at radius 1 is 1.03 bits per heavy atom. The maximum atomic E-state index is 12.8. The van der Waals surface area contributed by atoms with Gasteiger partial charge in [0.2, 0.25) is 12.1 Å². The second-order valence-corrected chi connectivity index (χ2v) is 8.20. The number of carboxylic acids is 1. The molecule has 8 nitrogen and oxygen atoms in total. The summed E-state index contributed by atoms with van der Waals surface area (Å²) in [5.41, 5.74) is 3.68. The van der Waals surface area contributed by atoms with E-state index >= 15 is 0 Å². The lowest BCUT2D eigenvalue weighted by Crippen LogP contribution is -2.52. The predicted molar refractivity (Wildman–Crippen MR) is 118 cm³/mol. The Hall–Kier alpha value is -3.42. The first-order chi connectivity index (χ1) is 15.4. The average Bonchev–Trinajstić information content (AvgIpc) is 3.32. The number of nitrogens with zero attached hydrogens (tertiary/aromatic N) is 5. The number of unbranched alkanes of at least 4 members (excludes halogenated alkanes) is 1. The van der Waals surface area contributed by atoms with Gasteiger partial charge in [-0.1, -0.05) is 75.7 Å². The topological polar surface area (TPSA) is 110 Å². The van der Waals surface area contributed by atoms with Crippen molar-refractivity contribution in [2.24, 2.45) is 26.6 Å². The van der Waals surface area contributed by atoms with Crippen LogP contribution in [0.2, 0.25) is 0 Å². The molecule has 1 aliphatic heterocycles. The lowest BCUT2D eigenvalue weighted by Gasteiger charge is -2.35. The van der Waals surface area contributed by atoms with Crippen LogP contribution in [0.1, 0.15) is 57.3 Å². The molecule has 8 heteroatoms. The third-order valence-electron chi connectivity index (χ3n) is 5.49. The minimum absolute atomic E-state index is 0.166. The van der Waals surface area contributed by atoms with Crippen molar-refractivity contribution in [2.45, 2.75) is 58.8 Å². The summed E-state index contributed by atoms with van der Waals surface area (Å²) in [5, 5.41) is 27.1. The first kappa shape index (κ1) is 23.2. The molecule has 1 heterocycles. The number of carbonyl (C=O) groups excluding carboxylic acids is 2. The van der Waals surface area contributed by atoms with Crippen LogP contribution in [0.25, 0.3) is 11.1 Å². The van der Waals surface area contributed by atoms with E-state index in [1.807, 2.05) is 55.5 Å². The Kier molecular flexibility index (Phi) is 7.81. The van der Waals surface area contributed by atoms with Gasteiger partial charge in [0.15, 0.2) is 0 Å². The maximum Gasteiger partial charge on any atom is 0.223 e. The number of rotatable bonds is 10. The van der Waals surface area contributed by atoms with Crippen molar-refractivity contribution < 1.29 is 14.7 Å². The van der Waals surface area contributed by atoms with Crippen LogP contribution in [-0.4, -0.2) is 22.8 Å². The van der Waals surface area contributed by atoms with Crippen molar-refractivity contribution in [1.29, 1.82) is 0 Å². The summed E-state index contributed by atoms with van der Waals surface area (Å²) in [6.07, 6.45) is 1.46. The molecule has 1 aliphatic rings. The molecule has 168 valence electrons. The number of hydrogen-bond donors (Lipinski definition) is 0. The molecule has 0 N–H and O–H groups in total. The van der Waals surface area contributed by atoms with Gasteiger partial charge >= 0.3 is 0 Å². The molecule has 0 unspecified atom stereocenters. The maximum absolute atomic E-state index is 12.8. The van der Waals surface area contributed by atoms with Crippen LogP contribution in [0, 0.1) is 5.92 Å². The Balaban J connectivity index is 1.85. The van der Waals surface area contributed by atoms with E-state index in [0.717, 1.165) is 35.1 Å². The molecule has 0 saturated heterocycles. The highest BCUT2D eigenvalue weighted by Gasteiger charge is 2.27. The predicted octanol–water partition coefficient (Wildman–Crippen LogP) is 4.48. The number of aliphatic carboxylic acids is 1. The van der Waals surface area contributed by atoms with E-state index in [9.17, 15) is 14.7 Å². The van der Waals surface area contributed by atoms with Crippen LogP contribution in [0.5, 0.6) is 0 Å². The standard InChI is InChI=1S/C24H29N5O3/c1-4-5-10-21(30)29(22(16(2)3)24(31)32)15-17-11-13-18(14-12-17)19-8-6-7-9-20(19)23-25-27-28-26-23/h6-9,11-14,16,22-23H,4-5,10,15H2,1-3H3,(H,31,32)/p-1/t22-/m0/s1. The van der Waals surface area contributed by atoms with Gasteiger partial charge in [0.1, 0.15) is 0 Å². The fourth-order valence-electron chi connectivity index (χ4n) is 3.84. The zero-order valence-electron chi connectivity index (χ0n) is 18.6. The van der Waals surface area contributed by atoms with E-state index in [2.05, 4.69) is 20.7 Å². The van der Waals surface area contributed by atoms with Crippen LogP contribution in [0.4, 0.5) is 0 Å². The smallest absolute Gasteiger partial charge is 0.223 e. The summed E-state index contributed by atoms with van der Waals surface area (Å²) < 4.78 is 0. The molecule has 0 aromatic heterocycles. The van der Waals surface area contributed by atoms with Gasteiger partial charge in [-0.25, -0.2) is 0 Å². The van der Waals surface area contributed by atoms with Gasteiger partial charge in [-0.2, -0.15) is 0 Å². The van der Waals surface area contributed by atoms with E-state index in [4.69, 9.17) is 0 Å². The Morgan fingerprint density at radius 2 is 1.69 bits per heavy atom. The van der Waals surface area contributed by atoms with Crippen molar-refractivity contribution in [1.82, 2.24) is 4.90 Å². The molecule has 32 heavy (non-hydrogen) atoms. The van der Waals surface area contributed by atoms with E-state index in [-0.39, 0.29) is 18.4 Å². The van der Waals surface area contributed by atoms with Gasteiger partial charge in [-0.15, -0.1) is 10.2 Å². The molecule has 0 radical (unpaired) electrons. The van der Waals surface area contributed by atoms with Gasteiger partial charge in [-0.3, -0.25) is 4.79 Å². The molecule has 0 saturated carbocycles. The fraction of sp³-hybridized carbons (Fsp3) is 0.417. The van der Waals surface area contributed by atoms with Crippen LogP contribution in [-0.2, 0) is 16.1 Å². The van der Waals surface area contributed by atoms with E-state index in [0.29, 0.717) is 6.42 Å². The van der Waals surface area contributed by atoms with Gasteiger partial charge in [0.25, 0.3) is 0 Å². The molecule has 0 spiro atoms. The van der Waals surface area contributed by atoms with Crippen molar-refractivity contribution in [2.75, 3.05) is 0 Å². The lowest BCUT2D eigenvalue weighted by atomic mass is 9.96. The quantitative estimate of drug-likeness (QED) is 0.550. The van der Waals surface area contributed by atoms with Crippen LogP contribution in [0.3, 0.4) is 0 Å². The lowest BCUT2D eigenvalue weighted by molar-refractivity contribution is -0.313. The van der Waals surface area contributed by atoms with Gasteiger partial charge in [-0.05, 0) is 39.5 Å². The average molecular weight is 435 g/mol. The summed E-state index contributed by atoms with van der Waals surface area (Å²) >= 11 is 0. The zero-order chi connectivity index (χ0) is 23.1. The van der Waals surface area contributed by atoms with Crippen LogP contribution in [0.15, 0.2) is 69.2 Å². The summed E-state index contributed by atoms with van der Waals surface area (Å²) in [7, 11) is 0. The third-order valence-corrected chi connectivity index (χ3v) is 5.49. The highest BCUT2D eigenvalue weighted by molar-refractivity contribution is 5.83. The van der Waals surface area contributed by atoms with E-state index in [1.54, 1.807) is 13.8 Å². The molecule has 0 fully saturated rings. The van der Waals surface area contributed by atoms with Gasteiger partial charge in [0, 0.05) is 18.5 Å². The van der Waals surface area contributed by atoms with Gasteiger partial charge < -0.3 is 14.8 Å². The van der Waals surface area contributed by atoms with E-state index in [1.165, 1.54) is 4.90 Å². The van der Waals surface area contributed by atoms with Gasteiger partial charge in [0.05, 0.1) is 12.0 Å². The summed E-state index contributed by atoms with van der Waals surface area (Å²) in [6, 6.07) is 14.5. The number of carboxylic acid groups (broad SMARTS) is 1. The summed E-state index contributed by atoms with van der Waals surface area (Å²) in [4.78, 5) is 26.1. The highest BCUT2D eigenvalue weighted by atomic mass is 16.4. The molecule has 2 aromatic carbocycles. The normalized spacial score (nSPS) is 14.1.